The average Bonchev–Trinajstić information content (AvgIpc) is 2.85. The molecule has 3 N–H and O–H groups in total. The van der Waals surface area contributed by atoms with Gasteiger partial charge in [-0.1, -0.05) is 6.07 Å². The van der Waals surface area contributed by atoms with Crippen LogP contribution in [0.4, 0.5) is 5.69 Å². The van der Waals surface area contributed by atoms with Gasteiger partial charge in [0.25, 0.3) is 0 Å². The van der Waals surface area contributed by atoms with Gasteiger partial charge in [0.2, 0.25) is 5.91 Å². The predicted molar refractivity (Wildman–Crippen MR) is 68.6 cm³/mol. The number of rotatable bonds is 2. The van der Waals surface area contributed by atoms with Crippen molar-refractivity contribution in [2.45, 2.75) is 19.3 Å². The number of hydrogen-bond donors (Lipinski definition) is 3. The highest BCUT2D eigenvalue weighted by atomic mass is 16.3. The summed E-state index contributed by atoms with van der Waals surface area (Å²) < 4.78 is 0. The van der Waals surface area contributed by atoms with E-state index in [0.717, 1.165) is 24.2 Å². The third-order valence-corrected chi connectivity index (χ3v) is 3.36. The van der Waals surface area contributed by atoms with E-state index >= 15 is 0 Å². The molecule has 0 saturated heterocycles. The first-order valence-corrected chi connectivity index (χ1v) is 6.21. The zero-order valence-electron chi connectivity index (χ0n) is 10.3. The Morgan fingerprint density at radius 1 is 1.37 bits per heavy atom. The number of phenols is 1. The Labute approximate surface area is 109 Å². The van der Waals surface area contributed by atoms with Crippen molar-refractivity contribution in [2.24, 2.45) is 5.92 Å². The highest BCUT2D eigenvalue weighted by Crippen LogP contribution is 2.24. The second-order valence-electron chi connectivity index (χ2n) is 4.70. The predicted octanol–water partition coefficient (Wildman–Crippen LogP) is 1.25. The van der Waals surface area contributed by atoms with Crippen molar-refractivity contribution in [1.29, 1.82) is 0 Å². The fourth-order valence-electron chi connectivity index (χ4n) is 2.34. The fourth-order valence-corrected chi connectivity index (χ4v) is 2.34. The molecule has 0 aliphatic heterocycles. The Hall–Kier alpha value is -2.37. The lowest BCUT2D eigenvalue weighted by Crippen LogP contribution is -2.28. The van der Waals surface area contributed by atoms with Crippen molar-refractivity contribution in [3.63, 3.8) is 0 Å². The van der Waals surface area contributed by atoms with Crippen molar-refractivity contribution in [3.8, 4) is 5.75 Å². The summed E-state index contributed by atoms with van der Waals surface area (Å²) in [6.45, 7) is 0. The van der Waals surface area contributed by atoms with Crippen LogP contribution in [0.5, 0.6) is 5.75 Å². The molecule has 0 spiro atoms. The highest BCUT2D eigenvalue weighted by Gasteiger charge is 2.27. The number of nitrogens with zero attached hydrogens (tertiary/aromatic N) is 2. The maximum absolute atomic E-state index is 12.2. The SMILES string of the molecule is O=C(Nc1cccc(O)c1)C1CCc2n[nH]nc2C1. The van der Waals surface area contributed by atoms with Gasteiger partial charge in [0, 0.05) is 24.1 Å². The van der Waals surface area contributed by atoms with Crippen LogP contribution in [0, 0.1) is 5.92 Å². The van der Waals surface area contributed by atoms with Gasteiger partial charge in [0.1, 0.15) is 5.75 Å². The van der Waals surface area contributed by atoms with E-state index in [1.807, 2.05) is 0 Å². The number of carbonyl (C=O) groups is 1. The largest absolute Gasteiger partial charge is 0.508 e. The number of fused-ring (bicyclic) bond motifs is 1. The maximum Gasteiger partial charge on any atom is 0.227 e. The van der Waals surface area contributed by atoms with Gasteiger partial charge in [-0.15, -0.1) is 0 Å². The molecule has 1 amide bonds. The third-order valence-electron chi connectivity index (χ3n) is 3.36. The van der Waals surface area contributed by atoms with Gasteiger partial charge < -0.3 is 10.4 Å². The Bertz CT molecular complexity index is 608. The number of aromatic amines is 1. The number of hydrogen-bond acceptors (Lipinski definition) is 4. The van der Waals surface area contributed by atoms with Crippen molar-refractivity contribution in [3.05, 3.63) is 35.7 Å². The molecule has 1 aliphatic rings. The van der Waals surface area contributed by atoms with Crippen LogP contribution in [-0.2, 0) is 17.6 Å². The van der Waals surface area contributed by atoms with Gasteiger partial charge in [-0.25, -0.2) is 0 Å². The lowest BCUT2D eigenvalue weighted by molar-refractivity contribution is -0.120. The lowest BCUT2D eigenvalue weighted by atomic mass is 9.89. The summed E-state index contributed by atoms with van der Waals surface area (Å²) >= 11 is 0. The van der Waals surface area contributed by atoms with Crippen LogP contribution in [0.1, 0.15) is 17.8 Å². The van der Waals surface area contributed by atoms with Crippen molar-refractivity contribution >= 4 is 11.6 Å². The summed E-state index contributed by atoms with van der Waals surface area (Å²) in [5.74, 6) is -0.000527. The minimum atomic E-state index is -0.0973. The van der Waals surface area contributed by atoms with Gasteiger partial charge in [-0.05, 0) is 25.0 Å². The van der Waals surface area contributed by atoms with Crippen LogP contribution in [0.3, 0.4) is 0 Å². The summed E-state index contributed by atoms with van der Waals surface area (Å²) in [7, 11) is 0. The number of benzene rings is 1. The first-order chi connectivity index (χ1) is 9.22. The number of aromatic nitrogens is 3. The van der Waals surface area contributed by atoms with E-state index in [1.165, 1.54) is 6.07 Å². The van der Waals surface area contributed by atoms with Crippen molar-refractivity contribution in [1.82, 2.24) is 15.4 Å². The normalized spacial score (nSPS) is 17.8. The van der Waals surface area contributed by atoms with Gasteiger partial charge in [0.05, 0.1) is 11.4 Å². The van der Waals surface area contributed by atoms with E-state index in [-0.39, 0.29) is 17.6 Å². The molecule has 1 aliphatic carbocycles. The molecule has 1 aromatic heterocycles. The average molecular weight is 258 g/mol. The van der Waals surface area contributed by atoms with E-state index in [1.54, 1.807) is 18.2 Å². The lowest BCUT2D eigenvalue weighted by Gasteiger charge is -2.19. The van der Waals surface area contributed by atoms with E-state index in [9.17, 15) is 9.90 Å². The molecule has 98 valence electrons. The van der Waals surface area contributed by atoms with E-state index < -0.39 is 0 Å². The Balaban J connectivity index is 1.69. The second kappa shape index (κ2) is 4.72. The second-order valence-corrected chi connectivity index (χ2v) is 4.70. The summed E-state index contributed by atoms with van der Waals surface area (Å²) in [6, 6.07) is 6.55. The smallest absolute Gasteiger partial charge is 0.227 e. The summed E-state index contributed by atoms with van der Waals surface area (Å²) in [5, 5.41) is 22.9. The van der Waals surface area contributed by atoms with Crippen LogP contribution < -0.4 is 5.32 Å². The molecule has 0 bridgehead atoms. The molecule has 0 radical (unpaired) electrons. The quantitative estimate of drug-likeness (QED) is 0.756. The van der Waals surface area contributed by atoms with Gasteiger partial charge >= 0.3 is 0 Å². The maximum atomic E-state index is 12.2. The van der Waals surface area contributed by atoms with Crippen LogP contribution >= 0.6 is 0 Å². The van der Waals surface area contributed by atoms with Gasteiger partial charge in [-0.2, -0.15) is 15.4 Å². The molecular formula is C13H14N4O2. The summed E-state index contributed by atoms with van der Waals surface area (Å²) in [6.07, 6.45) is 2.14. The molecule has 1 unspecified atom stereocenters. The zero-order chi connectivity index (χ0) is 13.2. The summed E-state index contributed by atoms with van der Waals surface area (Å²) in [4.78, 5) is 12.2. The molecule has 1 atom stereocenters. The molecule has 19 heavy (non-hydrogen) atoms. The number of anilines is 1. The molecule has 0 fully saturated rings. The molecule has 3 rings (SSSR count). The molecule has 6 nitrogen and oxygen atoms in total. The Morgan fingerprint density at radius 2 is 2.21 bits per heavy atom. The minimum Gasteiger partial charge on any atom is -0.508 e. The first kappa shape index (κ1) is 11.7. The number of aryl methyl sites for hydroxylation is 1. The summed E-state index contributed by atoms with van der Waals surface area (Å²) in [5.41, 5.74) is 2.44. The standard InChI is InChI=1S/C13H14N4O2/c18-10-3-1-2-9(7-10)14-13(19)8-4-5-11-12(6-8)16-17-15-11/h1-3,7-8,18H,4-6H2,(H,14,19)(H,15,16,17). The molecule has 0 saturated carbocycles. The Morgan fingerprint density at radius 3 is 3.05 bits per heavy atom. The molecule has 1 aromatic carbocycles. The van der Waals surface area contributed by atoms with Crippen molar-refractivity contribution in [2.75, 3.05) is 5.32 Å². The number of phenolic OH excluding ortho intramolecular Hbond substituents is 1. The zero-order valence-corrected chi connectivity index (χ0v) is 10.3. The minimum absolute atomic E-state index is 0.0424. The van der Waals surface area contributed by atoms with E-state index in [2.05, 4.69) is 20.7 Å². The van der Waals surface area contributed by atoms with Crippen LogP contribution in [0.25, 0.3) is 0 Å². The number of H-pyrrole nitrogens is 1. The number of nitrogens with one attached hydrogen (secondary N) is 2. The van der Waals surface area contributed by atoms with Crippen LogP contribution in [0.15, 0.2) is 24.3 Å². The van der Waals surface area contributed by atoms with Crippen LogP contribution in [0.2, 0.25) is 0 Å². The topological polar surface area (TPSA) is 90.9 Å². The fraction of sp³-hybridized carbons (Fsp3) is 0.308. The van der Waals surface area contributed by atoms with Crippen LogP contribution in [-0.4, -0.2) is 26.4 Å². The monoisotopic (exact) mass is 258 g/mol. The third kappa shape index (κ3) is 2.42. The number of carbonyl (C=O) groups excluding carboxylic acids is 1. The molecule has 1 heterocycles. The van der Waals surface area contributed by atoms with E-state index in [4.69, 9.17) is 0 Å². The van der Waals surface area contributed by atoms with Crippen molar-refractivity contribution < 1.29 is 9.90 Å². The van der Waals surface area contributed by atoms with Gasteiger partial charge in [0.15, 0.2) is 0 Å². The molecule has 6 heteroatoms. The van der Waals surface area contributed by atoms with Gasteiger partial charge in [-0.3, -0.25) is 4.79 Å². The number of aromatic hydroxyl groups is 1. The Kier molecular flexibility index (Phi) is 2.91. The molecular weight excluding hydrogens is 244 g/mol. The first-order valence-electron chi connectivity index (χ1n) is 6.21. The molecule has 2 aromatic rings. The van der Waals surface area contributed by atoms with E-state index in [0.29, 0.717) is 12.1 Å². The number of amides is 1. The highest BCUT2D eigenvalue weighted by molar-refractivity contribution is 5.93.